The summed E-state index contributed by atoms with van der Waals surface area (Å²) in [6.45, 7) is 8.73. The third-order valence-corrected chi connectivity index (χ3v) is 3.99. The Kier molecular flexibility index (Phi) is 4.64. The van der Waals surface area contributed by atoms with Crippen molar-refractivity contribution in [3.05, 3.63) is 40.7 Å². The molecule has 0 fully saturated rings. The number of para-hydroxylation sites is 1. The molecule has 1 aromatic heterocycles. The minimum Gasteiger partial charge on any atom is -0.353 e. The molecule has 0 radical (unpaired) electrons. The Labute approximate surface area is 130 Å². The van der Waals surface area contributed by atoms with E-state index in [4.69, 9.17) is 0 Å². The minimum absolute atomic E-state index is 0.00740. The molecule has 0 saturated carbocycles. The van der Waals surface area contributed by atoms with Crippen LogP contribution in [0.25, 0.3) is 10.9 Å². The monoisotopic (exact) mass is 301 g/mol. The maximum atomic E-state index is 12.1. The largest absolute Gasteiger partial charge is 0.353 e. The predicted octanol–water partition coefficient (Wildman–Crippen LogP) is 2.34. The molecule has 1 aromatic carbocycles. The molecule has 5 nitrogen and oxygen atoms in total. The number of hydrogen-bond acceptors (Lipinski definition) is 3. The van der Waals surface area contributed by atoms with Gasteiger partial charge < -0.3 is 5.32 Å². The summed E-state index contributed by atoms with van der Waals surface area (Å²) in [5, 5.41) is 7.76. The van der Waals surface area contributed by atoms with Gasteiger partial charge in [-0.1, -0.05) is 32.9 Å². The molecule has 0 aliphatic rings. The van der Waals surface area contributed by atoms with E-state index in [-0.39, 0.29) is 22.8 Å². The van der Waals surface area contributed by atoms with Crippen LogP contribution in [0.15, 0.2) is 35.3 Å². The number of aromatic nitrogens is 2. The zero-order chi connectivity index (χ0) is 16.3. The van der Waals surface area contributed by atoms with Gasteiger partial charge in [0.05, 0.1) is 18.3 Å². The minimum atomic E-state index is -0.0994. The lowest BCUT2D eigenvalue weighted by Gasteiger charge is -2.28. The fourth-order valence-electron chi connectivity index (χ4n) is 2.08. The summed E-state index contributed by atoms with van der Waals surface area (Å²) in [4.78, 5) is 23.8. The molecule has 1 heterocycles. The number of carbonyl (C=O) groups excluding carboxylic acids is 1. The quantitative estimate of drug-likeness (QED) is 0.942. The second-order valence-corrected chi connectivity index (χ2v) is 6.65. The first-order valence-corrected chi connectivity index (χ1v) is 7.53. The molecule has 0 aliphatic heterocycles. The molecule has 22 heavy (non-hydrogen) atoms. The second-order valence-electron chi connectivity index (χ2n) is 6.65. The highest BCUT2D eigenvalue weighted by molar-refractivity contribution is 5.79. The van der Waals surface area contributed by atoms with Crippen LogP contribution < -0.4 is 10.7 Å². The van der Waals surface area contributed by atoms with Crippen LogP contribution in [0.1, 0.15) is 34.1 Å². The molecule has 5 heteroatoms. The van der Waals surface area contributed by atoms with E-state index in [2.05, 4.69) is 31.2 Å². The van der Waals surface area contributed by atoms with E-state index in [1.807, 2.05) is 25.1 Å². The Bertz CT molecular complexity index is 728. The molecular weight excluding hydrogens is 278 g/mol. The van der Waals surface area contributed by atoms with Gasteiger partial charge in [0.25, 0.3) is 0 Å². The SMILES string of the molecule is C[C@H](NC(=O)CCn1ncc(=O)c2ccccc21)C(C)(C)C. The number of amides is 1. The van der Waals surface area contributed by atoms with Gasteiger partial charge in [-0.25, -0.2) is 0 Å². The van der Waals surface area contributed by atoms with E-state index in [0.29, 0.717) is 18.4 Å². The Morgan fingerprint density at radius 1 is 1.32 bits per heavy atom. The summed E-state index contributed by atoms with van der Waals surface area (Å²) in [5.41, 5.74) is 0.683. The maximum absolute atomic E-state index is 12.1. The van der Waals surface area contributed by atoms with Crippen LogP contribution in [0.2, 0.25) is 0 Å². The normalized spacial score (nSPS) is 13.1. The summed E-state index contributed by atoms with van der Waals surface area (Å²) in [7, 11) is 0. The lowest BCUT2D eigenvalue weighted by Crippen LogP contribution is -2.41. The summed E-state index contributed by atoms with van der Waals surface area (Å²) < 4.78 is 1.71. The van der Waals surface area contributed by atoms with Gasteiger partial charge >= 0.3 is 0 Å². The van der Waals surface area contributed by atoms with Crippen molar-refractivity contribution < 1.29 is 4.79 Å². The number of carbonyl (C=O) groups is 1. The molecule has 1 amide bonds. The van der Waals surface area contributed by atoms with Crippen LogP contribution in [0.4, 0.5) is 0 Å². The van der Waals surface area contributed by atoms with Crippen LogP contribution >= 0.6 is 0 Å². The van der Waals surface area contributed by atoms with Crippen molar-refractivity contribution in [1.29, 1.82) is 0 Å². The number of rotatable bonds is 4. The first-order valence-electron chi connectivity index (χ1n) is 7.53. The zero-order valence-electron chi connectivity index (χ0n) is 13.6. The third-order valence-electron chi connectivity index (χ3n) is 3.99. The molecule has 0 unspecified atom stereocenters. The molecule has 2 aromatic rings. The average molecular weight is 301 g/mol. The Morgan fingerprint density at radius 3 is 2.68 bits per heavy atom. The van der Waals surface area contributed by atoms with Crippen molar-refractivity contribution in [2.24, 2.45) is 5.41 Å². The highest BCUT2D eigenvalue weighted by Crippen LogP contribution is 2.18. The van der Waals surface area contributed by atoms with Crippen LogP contribution in [-0.4, -0.2) is 21.7 Å². The van der Waals surface area contributed by atoms with Gasteiger partial charge in [0.1, 0.15) is 0 Å². The number of hydrogen-bond donors (Lipinski definition) is 1. The topological polar surface area (TPSA) is 64.0 Å². The average Bonchev–Trinajstić information content (AvgIpc) is 2.46. The van der Waals surface area contributed by atoms with Crippen molar-refractivity contribution in [3.8, 4) is 0 Å². The standard InChI is InChI=1S/C17H23N3O2/c1-12(17(2,3)4)19-16(22)9-10-20-14-8-6-5-7-13(14)15(21)11-18-20/h5-8,11-12H,9-10H2,1-4H3,(H,19,22)/t12-/m0/s1. The summed E-state index contributed by atoms with van der Waals surface area (Å²) in [5.74, 6) is -0.00740. The molecule has 0 saturated heterocycles. The number of nitrogens with one attached hydrogen (secondary N) is 1. The van der Waals surface area contributed by atoms with Crippen LogP contribution in [0, 0.1) is 5.41 Å². The number of benzene rings is 1. The van der Waals surface area contributed by atoms with Crippen LogP contribution in [0.3, 0.4) is 0 Å². The van der Waals surface area contributed by atoms with Crippen LogP contribution in [-0.2, 0) is 11.3 Å². The first-order chi connectivity index (χ1) is 10.3. The zero-order valence-corrected chi connectivity index (χ0v) is 13.6. The van der Waals surface area contributed by atoms with Gasteiger partial charge in [0.2, 0.25) is 11.3 Å². The summed E-state index contributed by atoms with van der Waals surface area (Å²) >= 11 is 0. The molecule has 0 aliphatic carbocycles. The van der Waals surface area contributed by atoms with Crippen molar-refractivity contribution in [3.63, 3.8) is 0 Å². The first kappa shape index (κ1) is 16.2. The van der Waals surface area contributed by atoms with Gasteiger partial charge in [0.15, 0.2) is 0 Å². The number of fused-ring (bicyclic) bond motifs is 1. The highest BCUT2D eigenvalue weighted by atomic mass is 16.1. The molecule has 0 spiro atoms. The van der Waals surface area contributed by atoms with Gasteiger partial charge in [-0.2, -0.15) is 5.10 Å². The van der Waals surface area contributed by atoms with Crippen molar-refractivity contribution in [2.45, 2.75) is 46.7 Å². The Balaban J connectivity index is 2.08. The highest BCUT2D eigenvalue weighted by Gasteiger charge is 2.21. The third kappa shape index (κ3) is 3.72. The van der Waals surface area contributed by atoms with Gasteiger partial charge in [-0.3, -0.25) is 14.3 Å². The fraction of sp³-hybridized carbons (Fsp3) is 0.471. The van der Waals surface area contributed by atoms with Crippen molar-refractivity contribution >= 4 is 16.8 Å². The van der Waals surface area contributed by atoms with Crippen LogP contribution in [0.5, 0.6) is 0 Å². The predicted molar refractivity (Wildman–Crippen MR) is 87.7 cm³/mol. The van der Waals surface area contributed by atoms with E-state index >= 15 is 0 Å². The van der Waals surface area contributed by atoms with Gasteiger partial charge in [0, 0.05) is 17.8 Å². The Hall–Kier alpha value is -2.17. The smallest absolute Gasteiger partial charge is 0.222 e. The summed E-state index contributed by atoms with van der Waals surface area (Å²) in [6.07, 6.45) is 1.64. The van der Waals surface area contributed by atoms with Gasteiger partial charge in [-0.15, -0.1) is 0 Å². The van der Waals surface area contributed by atoms with E-state index in [0.717, 1.165) is 5.52 Å². The van der Waals surface area contributed by atoms with E-state index in [1.165, 1.54) is 6.20 Å². The molecule has 118 valence electrons. The van der Waals surface area contributed by atoms with E-state index in [9.17, 15) is 9.59 Å². The van der Waals surface area contributed by atoms with Crippen molar-refractivity contribution in [2.75, 3.05) is 0 Å². The van der Waals surface area contributed by atoms with E-state index in [1.54, 1.807) is 10.7 Å². The molecular formula is C17H23N3O2. The van der Waals surface area contributed by atoms with Gasteiger partial charge in [-0.05, 0) is 24.5 Å². The Morgan fingerprint density at radius 2 is 2.00 bits per heavy atom. The molecule has 0 bridgehead atoms. The molecule has 1 N–H and O–H groups in total. The van der Waals surface area contributed by atoms with Crippen molar-refractivity contribution in [1.82, 2.24) is 15.1 Å². The number of aryl methyl sites for hydroxylation is 1. The fourth-order valence-corrected chi connectivity index (χ4v) is 2.08. The molecule has 1 atom stereocenters. The second kappa shape index (κ2) is 6.30. The maximum Gasteiger partial charge on any atom is 0.222 e. The number of nitrogens with zero attached hydrogens (tertiary/aromatic N) is 2. The lowest BCUT2D eigenvalue weighted by atomic mass is 9.88. The summed E-state index contributed by atoms with van der Waals surface area (Å²) in [6, 6.07) is 7.41. The molecule has 2 rings (SSSR count). The lowest BCUT2D eigenvalue weighted by molar-refractivity contribution is -0.122. The van der Waals surface area contributed by atoms with E-state index < -0.39 is 0 Å².